The van der Waals surface area contributed by atoms with Crippen LogP contribution in [0.4, 0.5) is 13.2 Å². The molecule has 0 spiro atoms. The van der Waals surface area contributed by atoms with Crippen molar-refractivity contribution in [3.63, 3.8) is 0 Å². The number of hydrogen-bond acceptors (Lipinski definition) is 4. The normalized spacial score (nSPS) is 18.0. The first-order valence-corrected chi connectivity index (χ1v) is 8.82. The molecular weight excluding hydrogens is 325 g/mol. The SMILES string of the molecule is CCNCc1sc(S(=O)(=O)NC2(C(F)(F)F)CC2)cc1C. The third-order valence-corrected chi connectivity index (χ3v) is 6.67. The van der Waals surface area contributed by atoms with Gasteiger partial charge in [0, 0.05) is 11.4 Å². The van der Waals surface area contributed by atoms with Crippen molar-refractivity contribution in [1.82, 2.24) is 10.0 Å². The fraction of sp³-hybridized carbons (Fsp3) is 0.667. The highest BCUT2D eigenvalue weighted by Gasteiger charge is 2.65. The summed E-state index contributed by atoms with van der Waals surface area (Å²) in [5.74, 6) is 0. The number of rotatable bonds is 6. The van der Waals surface area contributed by atoms with E-state index in [0.29, 0.717) is 6.54 Å². The number of nitrogens with one attached hydrogen (secondary N) is 2. The zero-order valence-electron chi connectivity index (χ0n) is 11.7. The maximum absolute atomic E-state index is 12.9. The van der Waals surface area contributed by atoms with Gasteiger partial charge in [0.25, 0.3) is 10.0 Å². The fourth-order valence-corrected chi connectivity index (χ4v) is 4.92. The fourth-order valence-electron chi connectivity index (χ4n) is 1.91. The summed E-state index contributed by atoms with van der Waals surface area (Å²) in [6.07, 6.45) is -4.96. The Kier molecular flexibility index (Phi) is 4.40. The van der Waals surface area contributed by atoms with Gasteiger partial charge in [-0.3, -0.25) is 0 Å². The highest BCUT2D eigenvalue weighted by molar-refractivity contribution is 7.91. The topological polar surface area (TPSA) is 58.2 Å². The average molecular weight is 342 g/mol. The second-order valence-corrected chi connectivity index (χ2v) is 8.18. The molecule has 0 aromatic carbocycles. The molecule has 1 saturated carbocycles. The van der Waals surface area contributed by atoms with Crippen LogP contribution >= 0.6 is 11.3 Å². The van der Waals surface area contributed by atoms with Crippen LogP contribution in [-0.4, -0.2) is 26.7 Å². The summed E-state index contributed by atoms with van der Waals surface area (Å²) >= 11 is 1.01. The monoisotopic (exact) mass is 342 g/mol. The molecule has 1 heterocycles. The Morgan fingerprint density at radius 1 is 1.38 bits per heavy atom. The lowest BCUT2D eigenvalue weighted by Gasteiger charge is -2.19. The van der Waals surface area contributed by atoms with Crippen molar-refractivity contribution in [3.05, 3.63) is 16.5 Å². The van der Waals surface area contributed by atoms with Crippen molar-refractivity contribution in [2.45, 2.75) is 49.2 Å². The van der Waals surface area contributed by atoms with E-state index in [-0.39, 0.29) is 17.1 Å². The third-order valence-electron chi connectivity index (χ3n) is 3.42. The van der Waals surface area contributed by atoms with Gasteiger partial charge in [0.1, 0.15) is 9.75 Å². The molecule has 0 unspecified atom stereocenters. The molecule has 1 aliphatic carbocycles. The maximum Gasteiger partial charge on any atom is 0.407 e. The molecular formula is C12H17F3N2O2S2. The Balaban J connectivity index is 2.21. The van der Waals surface area contributed by atoms with E-state index in [4.69, 9.17) is 0 Å². The van der Waals surface area contributed by atoms with E-state index in [9.17, 15) is 21.6 Å². The van der Waals surface area contributed by atoms with E-state index in [1.165, 1.54) is 6.07 Å². The van der Waals surface area contributed by atoms with Crippen LogP contribution in [0.2, 0.25) is 0 Å². The Morgan fingerprint density at radius 3 is 2.48 bits per heavy atom. The van der Waals surface area contributed by atoms with Crippen molar-refractivity contribution in [1.29, 1.82) is 0 Å². The first kappa shape index (κ1) is 16.7. The van der Waals surface area contributed by atoms with E-state index in [2.05, 4.69) is 5.32 Å². The quantitative estimate of drug-likeness (QED) is 0.835. The van der Waals surface area contributed by atoms with Crippen LogP contribution in [0.15, 0.2) is 10.3 Å². The van der Waals surface area contributed by atoms with Gasteiger partial charge < -0.3 is 5.32 Å². The first-order chi connectivity index (χ1) is 9.61. The van der Waals surface area contributed by atoms with Crippen molar-refractivity contribution in [2.75, 3.05) is 6.54 Å². The smallest absolute Gasteiger partial charge is 0.312 e. The molecule has 0 amide bonds. The predicted octanol–water partition coefficient (Wildman–Crippen LogP) is 2.54. The summed E-state index contributed by atoms with van der Waals surface area (Å²) in [4.78, 5) is 0.814. The molecule has 2 N–H and O–H groups in total. The Labute approximate surface area is 125 Å². The molecule has 0 saturated heterocycles. The lowest BCUT2D eigenvalue weighted by molar-refractivity contribution is -0.160. The van der Waals surface area contributed by atoms with Crippen molar-refractivity contribution in [2.24, 2.45) is 0 Å². The van der Waals surface area contributed by atoms with E-state index in [1.54, 1.807) is 6.92 Å². The van der Waals surface area contributed by atoms with Crippen LogP contribution in [0.1, 0.15) is 30.2 Å². The van der Waals surface area contributed by atoms with Crippen LogP contribution in [0.5, 0.6) is 0 Å². The van der Waals surface area contributed by atoms with Crippen LogP contribution in [-0.2, 0) is 16.6 Å². The molecule has 1 fully saturated rings. The lowest BCUT2D eigenvalue weighted by Crippen LogP contribution is -2.47. The van der Waals surface area contributed by atoms with Gasteiger partial charge in [0.15, 0.2) is 0 Å². The zero-order chi connectivity index (χ0) is 15.9. The third kappa shape index (κ3) is 3.41. The summed E-state index contributed by atoms with van der Waals surface area (Å²) in [7, 11) is -4.14. The molecule has 21 heavy (non-hydrogen) atoms. The number of hydrogen-bond donors (Lipinski definition) is 2. The number of halogens is 3. The van der Waals surface area contributed by atoms with E-state index >= 15 is 0 Å². The zero-order valence-corrected chi connectivity index (χ0v) is 13.3. The van der Waals surface area contributed by atoms with Crippen LogP contribution in [0, 0.1) is 6.92 Å². The predicted molar refractivity (Wildman–Crippen MR) is 74.8 cm³/mol. The lowest BCUT2D eigenvalue weighted by atomic mass is 10.3. The molecule has 1 aliphatic rings. The summed E-state index contributed by atoms with van der Waals surface area (Å²) < 4.78 is 64.7. The Morgan fingerprint density at radius 2 is 2.00 bits per heavy atom. The van der Waals surface area contributed by atoms with Crippen LogP contribution in [0.25, 0.3) is 0 Å². The molecule has 9 heteroatoms. The standard InChI is InChI=1S/C12H17F3N2O2S2/c1-3-16-7-9-8(2)6-10(20-9)21(18,19)17-11(4-5-11)12(13,14)15/h6,16-17H,3-5,7H2,1-2H3. The van der Waals surface area contributed by atoms with Gasteiger partial charge in [-0.2, -0.15) is 17.9 Å². The minimum Gasteiger partial charge on any atom is -0.312 e. The molecule has 1 aromatic rings. The van der Waals surface area contributed by atoms with Crippen LogP contribution in [0.3, 0.4) is 0 Å². The number of alkyl halides is 3. The molecule has 1 aromatic heterocycles. The summed E-state index contributed by atoms with van der Waals surface area (Å²) in [5.41, 5.74) is -1.51. The second kappa shape index (κ2) is 5.53. The highest BCUT2D eigenvalue weighted by atomic mass is 32.2. The molecule has 2 rings (SSSR count). The van der Waals surface area contributed by atoms with Gasteiger partial charge in [-0.15, -0.1) is 11.3 Å². The first-order valence-electron chi connectivity index (χ1n) is 6.52. The van der Waals surface area contributed by atoms with E-state index in [1.807, 2.05) is 11.6 Å². The van der Waals surface area contributed by atoms with Crippen LogP contribution < -0.4 is 10.0 Å². The summed E-state index contributed by atoms with van der Waals surface area (Å²) in [6, 6.07) is 1.42. The number of aryl methyl sites for hydroxylation is 1. The van der Waals surface area contributed by atoms with Crippen molar-refractivity contribution < 1.29 is 21.6 Å². The van der Waals surface area contributed by atoms with Gasteiger partial charge in [-0.25, -0.2) is 8.42 Å². The summed E-state index contributed by atoms with van der Waals surface area (Å²) in [5, 5.41) is 3.07. The van der Waals surface area contributed by atoms with E-state index in [0.717, 1.165) is 28.3 Å². The molecule has 0 bridgehead atoms. The van der Waals surface area contributed by atoms with Gasteiger partial charge in [-0.1, -0.05) is 6.92 Å². The largest absolute Gasteiger partial charge is 0.407 e. The van der Waals surface area contributed by atoms with Gasteiger partial charge in [-0.05, 0) is 37.9 Å². The molecule has 120 valence electrons. The minimum absolute atomic E-state index is 0.0663. The molecule has 4 nitrogen and oxygen atoms in total. The van der Waals surface area contributed by atoms with Gasteiger partial charge in [0.05, 0.1) is 0 Å². The van der Waals surface area contributed by atoms with Gasteiger partial charge >= 0.3 is 6.18 Å². The van der Waals surface area contributed by atoms with Gasteiger partial charge in [0.2, 0.25) is 0 Å². The van der Waals surface area contributed by atoms with Crippen molar-refractivity contribution in [3.8, 4) is 0 Å². The Bertz CT molecular complexity index is 619. The minimum atomic E-state index is -4.56. The van der Waals surface area contributed by atoms with E-state index < -0.39 is 21.7 Å². The molecule has 0 atom stereocenters. The molecule has 0 aliphatic heterocycles. The average Bonchev–Trinajstić information content (AvgIpc) is 3.03. The Hall–Kier alpha value is -0.640. The van der Waals surface area contributed by atoms with Crippen molar-refractivity contribution >= 4 is 21.4 Å². The second-order valence-electron chi connectivity index (χ2n) is 5.14. The number of sulfonamides is 1. The molecule has 0 radical (unpaired) electrons. The maximum atomic E-state index is 12.9. The number of thiophene rings is 1. The summed E-state index contributed by atoms with van der Waals surface area (Å²) in [6.45, 7) is 4.91. The highest BCUT2D eigenvalue weighted by Crippen LogP contribution is 2.50.